The molecule has 0 saturated carbocycles. The van der Waals surface area contributed by atoms with Gasteiger partial charge in [-0.2, -0.15) is 0 Å². The van der Waals surface area contributed by atoms with Crippen LogP contribution in [0.2, 0.25) is 0 Å². The van der Waals surface area contributed by atoms with Crippen LogP contribution < -0.4 is 19.5 Å². The summed E-state index contributed by atoms with van der Waals surface area (Å²) in [5.74, 6) is -2.02. The smallest absolute Gasteiger partial charge is 0.338 e. The van der Waals surface area contributed by atoms with Gasteiger partial charge in [0.2, 0.25) is 5.91 Å². The van der Waals surface area contributed by atoms with Gasteiger partial charge in [0.25, 0.3) is 6.47 Å². The molecule has 0 atom stereocenters. The number of hydrogen-bond acceptors (Lipinski definition) is 14. The molecule has 0 spiro atoms. The summed E-state index contributed by atoms with van der Waals surface area (Å²) in [4.78, 5) is 91.1. The fourth-order valence-electron chi connectivity index (χ4n) is 9.86. The third-order valence-corrected chi connectivity index (χ3v) is 14.0. The molecule has 1 amide bonds. The van der Waals surface area contributed by atoms with Gasteiger partial charge in [-0.05, 0) is 143 Å². The third kappa shape index (κ3) is 13.4. The van der Waals surface area contributed by atoms with Crippen LogP contribution in [0.25, 0.3) is 90.9 Å². The molecule has 8 aromatic rings. The van der Waals surface area contributed by atoms with Crippen LogP contribution in [0.3, 0.4) is 0 Å². The highest BCUT2D eigenvalue weighted by molar-refractivity contribution is 6.01. The first-order valence-corrected chi connectivity index (χ1v) is 26.9. The molecule has 0 fully saturated rings. The van der Waals surface area contributed by atoms with Gasteiger partial charge in [0.1, 0.15) is 19.0 Å². The summed E-state index contributed by atoms with van der Waals surface area (Å²) >= 11 is 0. The fraction of sp³-hybridized carbons (Fsp3) is 0.152. The average Bonchev–Trinajstić information content (AvgIpc) is 2.60. The quantitative estimate of drug-likeness (QED) is 0.0226. The molecule has 5 heterocycles. The van der Waals surface area contributed by atoms with Gasteiger partial charge in [-0.3, -0.25) is 14.4 Å². The molecular weight excluding hydrogens is 1090 g/mol. The Bertz CT molecular complexity index is 4090. The van der Waals surface area contributed by atoms with Crippen molar-refractivity contribution in [2.24, 2.45) is 0 Å². The monoisotopic (exact) mass is 1140 g/mol. The summed E-state index contributed by atoms with van der Waals surface area (Å²) in [7, 11) is 3.11. The maximum atomic E-state index is 13.4. The van der Waals surface area contributed by atoms with E-state index in [9.17, 15) is 39.0 Å². The first-order valence-electron chi connectivity index (χ1n) is 26.9. The maximum absolute atomic E-state index is 13.4. The summed E-state index contributed by atoms with van der Waals surface area (Å²) in [6, 6.07) is 40.1. The van der Waals surface area contributed by atoms with E-state index in [1.165, 1.54) is 24.3 Å². The number of nitrogens with zero attached hydrogens (tertiary/aromatic N) is 2. The molecule has 0 aliphatic carbocycles. The second-order valence-electron chi connectivity index (χ2n) is 19.3. The lowest BCUT2D eigenvalue weighted by Gasteiger charge is -2.10. The molecule has 19 heteroatoms. The van der Waals surface area contributed by atoms with E-state index < -0.39 is 23.9 Å². The van der Waals surface area contributed by atoms with E-state index >= 15 is 0 Å². The number of benzene rings is 5. The molecular formula is C66H55N5O14. The van der Waals surface area contributed by atoms with E-state index in [2.05, 4.69) is 15.3 Å². The number of rotatable bonds is 23. The number of carbonyl (C=O) groups is 6. The minimum Gasteiger partial charge on any atom is -0.493 e. The minimum absolute atomic E-state index is 0.0342. The van der Waals surface area contributed by atoms with Crippen LogP contribution in [0.1, 0.15) is 72.3 Å². The molecule has 0 saturated heterocycles. The predicted molar refractivity (Wildman–Crippen MR) is 319 cm³/mol. The lowest BCUT2D eigenvalue weighted by atomic mass is 10.0. The van der Waals surface area contributed by atoms with Crippen molar-refractivity contribution >= 4 is 82.6 Å². The topological polar surface area (TPSA) is 268 Å². The Morgan fingerprint density at radius 3 is 1.38 bits per heavy atom. The molecule has 19 nitrogen and oxygen atoms in total. The van der Waals surface area contributed by atoms with Crippen molar-refractivity contribution in [3.63, 3.8) is 0 Å². The Labute approximate surface area is 486 Å². The molecule has 0 radical (unpaired) electrons. The van der Waals surface area contributed by atoms with Gasteiger partial charge < -0.3 is 53.9 Å². The number of aromatic carboxylic acids is 2. The molecule has 428 valence electrons. The molecule has 2 aliphatic heterocycles. The summed E-state index contributed by atoms with van der Waals surface area (Å²) in [5.41, 5.74) is 11.8. The van der Waals surface area contributed by atoms with Gasteiger partial charge >= 0.3 is 23.9 Å². The second-order valence-corrected chi connectivity index (χ2v) is 19.3. The Kier molecular flexibility index (Phi) is 17.8. The number of H-pyrrole nitrogens is 2. The van der Waals surface area contributed by atoms with Crippen molar-refractivity contribution in [3.8, 4) is 61.8 Å². The molecule has 10 rings (SSSR count). The molecule has 3 aromatic heterocycles. The van der Waals surface area contributed by atoms with Crippen molar-refractivity contribution in [2.45, 2.75) is 19.3 Å². The molecule has 2 aliphatic rings. The Morgan fingerprint density at radius 1 is 0.506 bits per heavy atom. The van der Waals surface area contributed by atoms with E-state index in [0.717, 1.165) is 11.1 Å². The van der Waals surface area contributed by atoms with E-state index in [1.54, 1.807) is 80.9 Å². The number of methoxy groups -OCH3 is 2. The number of aromatic nitrogens is 4. The van der Waals surface area contributed by atoms with E-state index in [-0.39, 0.29) is 61.9 Å². The van der Waals surface area contributed by atoms with Crippen LogP contribution in [-0.4, -0.2) is 114 Å². The molecule has 8 bridgehead atoms. The zero-order valence-electron chi connectivity index (χ0n) is 46.0. The highest BCUT2D eigenvalue weighted by Crippen LogP contribution is 2.39. The standard InChI is InChI=1S/C66H55N5O14/c1-80-56-28-3-39(37-57(56)81-2)31-32-67-58(73)29-30-59(74)83-35-33-82-34-36-84-66(79)46-14-8-42(9-15-46)62-52-23-22-50(69-52)60(40-4-10-44(11-5-40)64(75)76)48-20-21-49(68-48)61(41-6-12-45(13-7-41)65(77)78)51-24-26-54(70-51)63(55-27-25-53(62)71-55)43-16-18-47(19-17-43)85-38-72/h3-28,37-38,68,71H,29-36H2,1-2H3,(H,67,73)(H,75,76)(H,77,78). The fourth-order valence-corrected chi connectivity index (χ4v) is 9.86. The summed E-state index contributed by atoms with van der Waals surface area (Å²) < 4.78 is 32.0. The number of carbonyl (C=O) groups excluding carboxylic acids is 4. The lowest BCUT2D eigenvalue weighted by Crippen LogP contribution is -2.26. The van der Waals surface area contributed by atoms with Gasteiger partial charge in [-0.15, -0.1) is 0 Å². The van der Waals surface area contributed by atoms with Crippen molar-refractivity contribution in [2.75, 3.05) is 47.2 Å². The summed E-state index contributed by atoms with van der Waals surface area (Å²) in [6.07, 6.45) is 7.97. The number of carboxylic acid groups (broad SMARTS) is 2. The lowest BCUT2D eigenvalue weighted by molar-refractivity contribution is -0.146. The van der Waals surface area contributed by atoms with Crippen LogP contribution >= 0.6 is 0 Å². The Hall–Kier alpha value is -10.9. The third-order valence-electron chi connectivity index (χ3n) is 14.0. The molecule has 5 N–H and O–H groups in total. The van der Waals surface area contributed by atoms with Crippen LogP contribution in [0, 0.1) is 0 Å². The number of hydrogen-bond donors (Lipinski definition) is 5. The van der Waals surface area contributed by atoms with E-state index in [0.29, 0.717) is 120 Å². The van der Waals surface area contributed by atoms with Crippen LogP contribution in [0.5, 0.6) is 17.2 Å². The van der Waals surface area contributed by atoms with Crippen molar-refractivity contribution in [1.82, 2.24) is 25.3 Å². The second kappa shape index (κ2) is 26.3. The van der Waals surface area contributed by atoms with Gasteiger partial charge in [0.15, 0.2) is 11.5 Å². The number of aromatic amines is 2. The van der Waals surface area contributed by atoms with Gasteiger partial charge in [0.05, 0.1) is 73.3 Å². The summed E-state index contributed by atoms with van der Waals surface area (Å²) in [6.45, 7) is 0.689. The maximum Gasteiger partial charge on any atom is 0.338 e. The zero-order chi connectivity index (χ0) is 59.4. The summed E-state index contributed by atoms with van der Waals surface area (Å²) in [5, 5.41) is 22.4. The van der Waals surface area contributed by atoms with Crippen molar-refractivity contribution in [3.05, 3.63) is 185 Å². The largest absolute Gasteiger partial charge is 0.493 e. The molecule has 85 heavy (non-hydrogen) atoms. The SMILES string of the molecule is COc1ccc(CCNC(=O)CCC(=O)OCCOCCOC(=O)c2ccc(-c3c4nc(c(-c5ccc(C(=O)O)cc5)c5ccc([nH]5)c(-c5ccc(C(=O)O)cc5)c5nc(c(-c6ccc(OC=O)cc6)c6ccc3[nH]6)C=C5)C=C4)cc2)cc1OC. The van der Waals surface area contributed by atoms with Crippen molar-refractivity contribution in [1.29, 1.82) is 0 Å². The zero-order valence-corrected chi connectivity index (χ0v) is 46.0. The molecule has 0 unspecified atom stereocenters. The first-order chi connectivity index (χ1) is 41.4. The number of nitrogens with one attached hydrogen (secondary N) is 3. The number of ether oxygens (including phenoxy) is 6. The predicted octanol–water partition coefficient (Wildman–Crippen LogP) is 11.1. The number of carboxylic acids is 2. The normalized spacial score (nSPS) is 11.4. The Morgan fingerprint density at radius 2 is 0.941 bits per heavy atom. The number of fused-ring (bicyclic) bond motifs is 8. The highest BCUT2D eigenvalue weighted by atomic mass is 16.6. The average molecular weight is 1140 g/mol. The highest BCUT2D eigenvalue weighted by Gasteiger charge is 2.21. The van der Waals surface area contributed by atoms with E-state index in [4.69, 9.17) is 38.4 Å². The van der Waals surface area contributed by atoms with Crippen molar-refractivity contribution < 1.29 is 67.4 Å². The number of amides is 1. The first kappa shape index (κ1) is 57.3. The molecule has 5 aromatic carbocycles. The Balaban J connectivity index is 0.907. The van der Waals surface area contributed by atoms with Gasteiger partial charge in [-0.25, -0.2) is 24.4 Å². The van der Waals surface area contributed by atoms with Gasteiger partial charge in [0, 0.05) is 57.3 Å². The van der Waals surface area contributed by atoms with E-state index in [1.807, 2.05) is 72.8 Å². The van der Waals surface area contributed by atoms with Gasteiger partial charge in [-0.1, -0.05) is 54.6 Å². The van der Waals surface area contributed by atoms with Crippen LogP contribution in [0.15, 0.2) is 140 Å². The number of esters is 2. The van der Waals surface area contributed by atoms with Crippen LogP contribution in [-0.2, 0) is 35.0 Å². The minimum atomic E-state index is -1.08. The van der Waals surface area contributed by atoms with Crippen LogP contribution in [0.4, 0.5) is 0 Å².